The number of carbonyl (C=O) groups is 1. The summed E-state index contributed by atoms with van der Waals surface area (Å²) in [5.74, 6) is 1.95. The molecule has 0 unspecified atom stereocenters. The van der Waals surface area contributed by atoms with Crippen molar-refractivity contribution in [3.8, 4) is 11.5 Å². The van der Waals surface area contributed by atoms with Crippen LogP contribution in [0.3, 0.4) is 0 Å². The Hall–Kier alpha value is -3.12. The summed E-state index contributed by atoms with van der Waals surface area (Å²) in [4.78, 5) is 12.4. The lowest BCUT2D eigenvalue weighted by atomic mass is 10.1. The normalized spacial score (nSPS) is 10.8. The van der Waals surface area contributed by atoms with E-state index in [4.69, 9.17) is 24.5 Å². The van der Waals surface area contributed by atoms with E-state index in [0.717, 1.165) is 37.6 Å². The van der Waals surface area contributed by atoms with Crippen LogP contribution in [0.1, 0.15) is 142 Å². The first kappa shape index (κ1) is 42.0. The maximum atomic E-state index is 8.44. The lowest BCUT2D eigenvalue weighted by molar-refractivity contribution is -0.275. The van der Waals surface area contributed by atoms with Gasteiger partial charge in [-0.3, -0.25) is 0 Å². The SMILES string of the molecule is CCCCCCCCCCCCOc1ccc([S+](c2ccccc2)c2ccc(OCCCCCCCCCCCC)cc2)cc1.O=C([O-])O. The predicted octanol–water partition coefficient (Wildman–Crippen LogP) is 12.3. The molecule has 3 aromatic rings. The molecule has 0 fully saturated rings. The van der Waals surface area contributed by atoms with Crippen LogP contribution in [0.4, 0.5) is 4.79 Å². The molecule has 0 bridgehead atoms. The van der Waals surface area contributed by atoms with Gasteiger partial charge in [0.15, 0.2) is 14.7 Å². The Morgan fingerprint density at radius 1 is 0.490 bits per heavy atom. The predicted molar refractivity (Wildman–Crippen MR) is 204 cm³/mol. The van der Waals surface area contributed by atoms with Crippen LogP contribution in [0, 0.1) is 0 Å². The third-order valence-corrected chi connectivity index (χ3v) is 10.9. The standard InChI is InChI=1S/C42H63O2S.CH2O3/c1-3-5-7-9-11-13-15-17-19-24-36-43-38-28-32-41(33-29-38)45(40-26-22-21-23-27-40)42-34-30-39(31-35-42)44-37-25-20-18-16-14-12-10-8-6-4-2;2-1(3)4/h21-23,26-35H,3-20,24-25,36-37H2,1-2H3;(H2,2,3,4)/q+1;/p-1. The lowest BCUT2D eigenvalue weighted by Gasteiger charge is -2.11. The first-order valence-corrected chi connectivity index (χ1v) is 20.4. The van der Waals surface area contributed by atoms with Crippen LogP contribution in [0.2, 0.25) is 0 Å². The molecule has 0 heterocycles. The highest BCUT2D eigenvalue weighted by Gasteiger charge is 2.28. The summed E-state index contributed by atoms with van der Waals surface area (Å²) in [6.45, 7) is 6.18. The van der Waals surface area contributed by atoms with E-state index in [1.165, 1.54) is 130 Å². The van der Waals surface area contributed by atoms with Gasteiger partial charge in [-0.25, -0.2) is 0 Å². The van der Waals surface area contributed by atoms with Gasteiger partial charge in [0.05, 0.1) is 24.1 Å². The Balaban J connectivity index is 0.00000197. The molecule has 0 aliphatic rings. The fourth-order valence-electron chi connectivity index (χ4n) is 5.87. The first-order chi connectivity index (χ1) is 24.0. The molecular weight excluding hydrogens is 629 g/mol. The average molecular weight is 693 g/mol. The van der Waals surface area contributed by atoms with Crippen molar-refractivity contribution in [2.75, 3.05) is 13.2 Å². The largest absolute Gasteiger partial charge is 0.565 e. The van der Waals surface area contributed by atoms with E-state index in [1.54, 1.807) is 0 Å². The second kappa shape index (κ2) is 28.7. The lowest BCUT2D eigenvalue weighted by Crippen LogP contribution is -2.17. The third kappa shape index (κ3) is 20.9. The minimum atomic E-state index is -2.08. The number of ether oxygens (including phenoxy) is 2. The monoisotopic (exact) mass is 692 g/mol. The molecule has 0 aliphatic carbocycles. The molecule has 3 rings (SSSR count). The number of rotatable bonds is 27. The van der Waals surface area contributed by atoms with Crippen LogP contribution in [-0.4, -0.2) is 24.5 Å². The van der Waals surface area contributed by atoms with E-state index in [0.29, 0.717) is 0 Å². The van der Waals surface area contributed by atoms with E-state index in [-0.39, 0.29) is 10.9 Å². The second-order valence-electron chi connectivity index (χ2n) is 12.9. The zero-order valence-corrected chi connectivity index (χ0v) is 31.4. The number of carboxylic acid groups (broad SMARTS) is 2. The zero-order chi connectivity index (χ0) is 35.2. The molecular formula is C43H64O5S. The Kier molecular flexibility index (Phi) is 24.6. The highest BCUT2D eigenvalue weighted by Crippen LogP contribution is 2.33. The van der Waals surface area contributed by atoms with Gasteiger partial charge in [0.25, 0.3) is 0 Å². The van der Waals surface area contributed by atoms with Crippen LogP contribution in [0.25, 0.3) is 0 Å². The molecule has 49 heavy (non-hydrogen) atoms. The highest BCUT2D eigenvalue weighted by atomic mass is 32.2. The van der Waals surface area contributed by atoms with Crippen molar-refractivity contribution in [1.82, 2.24) is 0 Å². The number of hydrogen-bond donors (Lipinski definition) is 1. The van der Waals surface area contributed by atoms with Gasteiger partial charge in [-0.15, -0.1) is 0 Å². The summed E-state index contributed by atoms with van der Waals surface area (Å²) in [6, 6.07) is 28.5. The van der Waals surface area contributed by atoms with Crippen molar-refractivity contribution in [1.29, 1.82) is 0 Å². The fraction of sp³-hybridized carbons (Fsp3) is 0.558. The molecule has 0 aliphatic heterocycles. The number of unbranched alkanes of at least 4 members (excludes halogenated alkanes) is 18. The van der Waals surface area contributed by atoms with E-state index in [1.807, 2.05) is 0 Å². The van der Waals surface area contributed by atoms with Crippen LogP contribution in [-0.2, 0) is 10.9 Å². The van der Waals surface area contributed by atoms with E-state index in [2.05, 4.69) is 92.7 Å². The number of benzene rings is 3. The molecule has 6 heteroatoms. The molecule has 1 N–H and O–H groups in total. The fourth-order valence-corrected chi connectivity index (χ4v) is 7.93. The number of hydrogen-bond acceptors (Lipinski definition) is 4. The summed E-state index contributed by atoms with van der Waals surface area (Å²) in [6.07, 6.45) is 24.9. The smallest absolute Gasteiger partial charge is 0.249 e. The molecule has 0 saturated carbocycles. The van der Waals surface area contributed by atoms with Crippen molar-refractivity contribution in [2.24, 2.45) is 0 Å². The Morgan fingerprint density at radius 2 is 0.776 bits per heavy atom. The molecule has 0 spiro atoms. The summed E-state index contributed by atoms with van der Waals surface area (Å²) >= 11 is 0. The molecule has 272 valence electrons. The topological polar surface area (TPSA) is 78.8 Å². The Labute approximate surface area is 301 Å². The minimum Gasteiger partial charge on any atom is -0.565 e. The summed E-state index contributed by atoms with van der Waals surface area (Å²) < 4.78 is 12.2. The van der Waals surface area contributed by atoms with Gasteiger partial charge in [0.1, 0.15) is 11.5 Å². The van der Waals surface area contributed by atoms with E-state index < -0.39 is 6.16 Å². The van der Waals surface area contributed by atoms with Crippen LogP contribution in [0.15, 0.2) is 93.5 Å². The molecule has 5 nitrogen and oxygen atoms in total. The van der Waals surface area contributed by atoms with Gasteiger partial charge in [0.2, 0.25) is 6.16 Å². The third-order valence-electron chi connectivity index (χ3n) is 8.63. The first-order valence-electron chi connectivity index (χ1n) is 19.2. The van der Waals surface area contributed by atoms with Gasteiger partial charge in [-0.1, -0.05) is 148 Å². The van der Waals surface area contributed by atoms with Crippen molar-refractivity contribution in [3.05, 3.63) is 78.9 Å². The van der Waals surface area contributed by atoms with Gasteiger partial charge < -0.3 is 24.5 Å². The maximum Gasteiger partial charge on any atom is 0.249 e. The van der Waals surface area contributed by atoms with Crippen LogP contribution >= 0.6 is 0 Å². The Bertz CT molecular complexity index is 1110. The van der Waals surface area contributed by atoms with Gasteiger partial charge in [0, 0.05) is 0 Å². The molecule has 3 aromatic carbocycles. The molecule has 0 aromatic heterocycles. The van der Waals surface area contributed by atoms with E-state index >= 15 is 0 Å². The van der Waals surface area contributed by atoms with Gasteiger partial charge in [-0.05, 0) is 73.5 Å². The van der Waals surface area contributed by atoms with Crippen LogP contribution < -0.4 is 14.6 Å². The van der Waals surface area contributed by atoms with Crippen molar-refractivity contribution in [3.63, 3.8) is 0 Å². The summed E-state index contributed by atoms with van der Waals surface area (Å²) in [7, 11) is -0.173. The second-order valence-corrected chi connectivity index (χ2v) is 14.9. The molecule has 0 radical (unpaired) electrons. The highest BCUT2D eigenvalue weighted by molar-refractivity contribution is 7.97. The summed E-state index contributed by atoms with van der Waals surface area (Å²) in [5.41, 5.74) is 0. The quantitative estimate of drug-likeness (QED) is 0.0635. The van der Waals surface area contributed by atoms with Crippen molar-refractivity contribution < 1.29 is 24.5 Å². The minimum absolute atomic E-state index is 0.173. The molecule has 0 saturated heterocycles. The summed E-state index contributed by atoms with van der Waals surface area (Å²) in [5, 5.41) is 15.3. The Morgan fingerprint density at radius 3 is 1.10 bits per heavy atom. The maximum absolute atomic E-state index is 8.44. The average Bonchev–Trinajstić information content (AvgIpc) is 3.11. The van der Waals surface area contributed by atoms with E-state index in [9.17, 15) is 0 Å². The van der Waals surface area contributed by atoms with Gasteiger partial charge in [-0.2, -0.15) is 0 Å². The van der Waals surface area contributed by atoms with Crippen LogP contribution in [0.5, 0.6) is 11.5 Å². The zero-order valence-electron chi connectivity index (χ0n) is 30.6. The van der Waals surface area contributed by atoms with Crippen molar-refractivity contribution >= 4 is 17.1 Å². The molecule has 0 atom stereocenters. The van der Waals surface area contributed by atoms with Crippen molar-refractivity contribution in [2.45, 2.75) is 157 Å². The molecule has 0 amide bonds. The van der Waals surface area contributed by atoms with Gasteiger partial charge >= 0.3 is 0 Å².